The van der Waals surface area contributed by atoms with Gasteiger partial charge in [0.1, 0.15) is 6.42 Å². The zero-order valence-electron chi connectivity index (χ0n) is 10.7. The first-order chi connectivity index (χ1) is 9.63. The molecule has 0 atom stereocenters. The smallest absolute Gasteiger partial charge is 0.338 e. The summed E-state index contributed by atoms with van der Waals surface area (Å²) in [4.78, 5) is 27.1. The number of hydrogen-bond donors (Lipinski definition) is 1. The summed E-state index contributed by atoms with van der Waals surface area (Å²) in [5.41, 5.74) is 1.12. The van der Waals surface area contributed by atoms with Crippen LogP contribution in [0.3, 0.4) is 0 Å². The topological polar surface area (TPSA) is 92.1 Å². The molecular formula is C13H11N3O3S. The fourth-order valence-corrected chi connectivity index (χ4v) is 2.48. The number of ether oxygens (including phenoxy) is 1. The average molecular weight is 289 g/mol. The molecule has 0 unspecified atom stereocenters. The molecular weight excluding hydrogens is 278 g/mol. The number of nitrogens with zero attached hydrogens (tertiary/aromatic N) is 2. The van der Waals surface area contributed by atoms with Crippen LogP contribution in [-0.4, -0.2) is 23.5 Å². The van der Waals surface area contributed by atoms with Crippen LogP contribution in [0.25, 0.3) is 10.2 Å². The van der Waals surface area contributed by atoms with E-state index in [4.69, 9.17) is 10.00 Å². The summed E-state index contributed by atoms with van der Waals surface area (Å²) in [6.07, 6.45) is -0.218. The van der Waals surface area contributed by atoms with E-state index >= 15 is 0 Å². The monoisotopic (exact) mass is 289 g/mol. The maximum Gasteiger partial charge on any atom is 0.338 e. The van der Waals surface area contributed by atoms with E-state index in [9.17, 15) is 9.59 Å². The van der Waals surface area contributed by atoms with Gasteiger partial charge in [0.2, 0.25) is 5.91 Å². The van der Waals surface area contributed by atoms with Crippen LogP contribution in [0.15, 0.2) is 18.2 Å². The lowest BCUT2D eigenvalue weighted by Gasteiger charge is -2.00. The number of aromatic nitrogens is 1. The first-order valence-corrected chi connectivity index (χ1v) is 6.70. The van der Waals surface area contributed by atoms with Crippen molar-refractivity contribution in [2.24, 2.45) is 0 Å². The third kappa shape index (κ3) is 3.10. The average Bonchev–Trinajstić information content (AvgIpc) is 2.80. The highest BCUT2D eigenvalue weighted by Gasteiger charge is 2.11. The third-order valence-corrected chi connectivity index (χ3v) is 3.32. The number of hydrogen-bond acceptors (Lipinski definition) is 6. The first-order valence-electron chi connectivity index (χ1n) is 5.88. The van der Waals surface area contributed by atoms with Gasteiger partial charge in [-0.1, -0.05) is 11.3 Å². The van der Waals surface area contributed by atoms with Crippen molar-refractivity contribution in [2.45, 2.75) is 13.3 Å². The Bertz CT molecular complexity index is 702. The molecule has 0 aliphatic carbocycles. The summed E-state index contributed by atoms with van der Waals surface area (Å²) in [5, 5.41) is 11.4. The van der Waals surface area contributed by atoms with Crippen LogP contribution in [0.2, 0.25) is 0 Å². The van der Waals surface area contributed by atoms with Gasteiger partial charge in [-0.3, -0.25) is 4.79 Å². The second-order valence-corrected chi connectivity index (χ2v) is 4.84. The van der Waals surface area contributed by atoms with Crippen LogP contribution in [-0.2, 0) is 9.53 Å². The number of amides is 1. The van der Waals surface area contributed by atoms with Crippen molar-refractivity contribution >= 4 is 38.6 Å². The normalized spacial score (nSPS) is 10.0. The largest absolute Gasteiger partial charge is 0.462 e. The summed E-state index contributed by atoms with van der Waals surface area (Å²) in [7, 11) is 0. The Labute approximate surface area is 119 Å². The Morgan fingerprint density at radius 1 is 1.50 bits per heavy atom. The summed E-state index contributed by atoms with van der Waals surface area (Å²) in [6, 6.07) is 6.75. The van der Waals surface area contributed by atoms with Gasteiger partial charge < -0.3 is 10.1 Å². The molecule has 0 fully saturated rings. The molecule has 102 valence electrons. The van der Waals surface area contributed by atoms with Crippen molar-refractivity contribution in [3.05, 3.63) is 23.8 Å². The third-order valence-electron chi connectivity index (χ3n) is 2.39. The van der Waals surface area contributed by atoms with Gasteiger partial charge in [-0.2, -0.15) is 5.26 Å². The first kappa shape index (κ1) is 14.0. The van der Waals surface area contributed by atoms with E-state index in [1.165, 1.54) is 11.3 Å². The molecule has 0 aliphatic heterocycles. The van der Waals surface area contributed by atoms with E-state index in [0.29, 0.717) is 22.8 Å². The molecule has 0 saturated carbocycles. The molecule has 0 bridgehead atoms. The minimum Gasteiger partial charge on any atom is -0.462 e. The fourth-order valence-electron chi connectivity index (χ4n) is 1.55. The number of anilines is 1. The van der Waals surface area contributed by atoms with Gasteiger partial charge in [-0.05, 0) is 25.1 Å². The van der Waals surface area contributed by atoms with Crippen LogP contribution in [0.5, 0.6) is 0 Å². The van der Waals surface area contributed by atoms with Crippen molar-refractivity contribution in [1.82, 2.24) is 4.98 Å². The van der Waals surface area contributed by atoms with Gasteiger partial charge in [0.05, 0.1) is 28.5 Å². The second kappa shape index (κ2) is 6.12. The number of benzene rings is 1. The Morgan fingerprint density at radius 3 is 3.00 bits per heavy atom. The summed E-state index contributed by atoms with van der Waals surface area (Å²) < 4.78 is 5.69. The van der Waals surface area contributed by atoms with Gasteiger partial charge >= 0.3 is 5.97 Å². The van der Waals surface area contributed by atoms with E-state index in [-0.39, 0.29) is 6.42 Å². The van der Waals surface area contributed by atoms with E-state index in [1.54, 1.807) is 31.2 Å². The van der Waals surface area contributed by atoms with Gasteiger partial charge in [0.15, 0.2) is 5.13 Å². The second-order valence-electron chi connectivity index (χ2n) is 3.81. The van der Waals surface area contributed by atoms with Crippen LogP contribution in [0.4, 0.5) is 5.13 Å². The molecule has 1 aromatic heterocycles. The zero-order valence-corrected chi connectivity index (χ0v) is 11.5. The van der Waals surface area contributed by atoms with Crippen molar-refractivity contribution < 1.29 is 14.3 Å². The highest BCUT2D eigenvalue weighted by Crippen LogP contribution is 2.27. The predicted octanol–water partition coefficient (Wildman–Crippen LogP) is 2.33. The van der Waals surface area contributed by atoms with Crippen molar-refractivity contribution in [3.63, 3.8) is 0 Å². The molecule has 1 aromatic carbocycles. The van der Waals surface area contributed by atoms with Crippen LogP contribution < -0.4 is 5.32 Å². The molecule has 0 saturated heterocycles. The van der Waals surface area contributed by atoms with E-state index < -0.39 is 11.9 Å². The van der Waals surface area contributed by atoms with E-state index in [0.717, 1.165) is 4.70 Å². The number of thiazole rings is 1. The molecule has 6 nitrogen and oxygen atoms in total. The summed E-state index contributed by atoms with van der Waals surface area (Å²) >= 11 is 1.24. The van der Waals surface area contributed by atoms with E-state index in [1.807, 2.05) is 0 Å². The molecule has 7 heteroatoms. The number of nitriles is 1. The van der Waals surface area contributed by atoms with Crippen molar-refractivity contribution in [2.75, 3.05) is 11.9 Å². The minimum absolute atomic E-state index is 0.218. The number of carbonyl (C=O) groups excluding carboxylic acids is 2. The molecule has 1 amide bonds. The molecule has 2 rings (SSSR count). The fraction of sp³-hybridized carbons (Fsp3) is 0.231. The summed E-state index contributed by atoms with van der Waals surface area (Å²) in [6.45, 7) is 2.06. The van der Waals surface area contributed by atoms with E-state index in [2.05, 4.69) is 10.3 Å². The quantitative estimate of drug-likeness (QED) is 0.872. The van der Waals surface area contributed by atoms with Crippen LogP contribution in [0.1, 0.15) is 23.7 Å². The Morgan fingerprint density at radius 2 is 2.30 bits per heavy atom. The van der Waals surface area contributed by atoms with Crippen LogP contribution in [0, 0.1) is 11.3 Å². The standard InChI is InChI=1S/C13H11N3O3S/c1-2-19-12(18)8-3-4-9-10(7-8)20-13(15-9)16-11(17)5-6-14/h3-4,7H,2,5H2,1H3,(H,15,16,17). The molecule has 1 N–H and O–H groups in total. The van der Waals surface area contributed by atoms with Gasteiger partial charge in [-0.15, -0.1) is 0 Å². The number of esters is 1. The lowest BCUT2D eigenvalue weighted by atomic mass is 10.2. The highest BCUT2D eigenvalue weighted by atomic mass is 32.1. The maximum atomic E-state index is 11.6. The lowest BCUT2D eigenvalue weighted by Crippen LogP contribution is -2.09. The zero-order chi connectivity index (χ0) is 14.5. The number of fused-ring (bicyclic) bond motifs is 1. The Kier molecular flexibility index (Phi) is 4.27. The van der Waals surface area contributed by atoms with Crippen molar-refractivity contribution in [1.29, 1.82) is 5.26 Å². The maximum absolute atomic E-state index is 11.6. The number of nitrogens with one attached hydrogen (secondary N) is 1. The van der Waals surface area contributed by atoms with Gasteiger partial charge in [0.25, 0.3) is 0 Å². The van der Waals surface area contributed by atoms with Gasteiger partial charge in [-0.25, -0.2) is 9.78 Å². The molecule has 20 heavy (non-hydrogen) atoms. The summed E-state index contributed by atoms with van der Waals surface area (Å²) in [5.74, 6) is -0.796. The van der Waals surface area contributed by atoms with Crippen molar-refractivity contribution in [3.8, 4) is 6.07 Å². The molecule has 0 spiro atoms. The molecule has 0 aliphatic rings. The lowest BCUT2D eigenvalue weighted by molar-refractivity contribution is -0.115. The SMILES string of the molecule is CCOC(=O)c1ccc2nc(NC(=O)CC#N)sc2c1. The predicted molar refractivity (Wildman–Crippen MR) is 74.4 cm³/mol. The number of rotatable bonds is 4. The Balaban J connectivity index is 2.24. The van der Waals surface area contributed by atoms with Gasteiger partial charge in [0, 0.05) is 0 Å². The molecule has 0 radical (unpaired) electrons. The highest BCUT2D eigenvalue weighted by molar-refractivity contribution is 7.22. The minimum atomic E-state index is -0.405. The number of carbonyl (C=O) groups is 2. The van der Waals surface area contributed by atoms with Crippen LogP contribution >= 0.6 is 11.3 Å². The Hall–Kier alpha value is -2.46. The molecule has 2 aromatic rings. The molecule has 1 heterocycles.